The molecule has 0 bridgehead atoms. The number of ether oxygens (including phenoxy) is 2. The first kappa shape index (κ1) is 14.6. The maximum Gasteiger partial charge on any atom is 0.234 e. The highest BCUT2D eigenvalue weighted by atomic mass is 35.5. The van der Waals surface area contributed by atoms with Gasteiger partial charge in [-0.2, -0.15) is 0 Å². The third-order valence-electron chi connectivity index (χ3n) is 2.68. The highest BCUT2D eigenvalue weighted by Gasteiger charge is 2.08. The maximum absolute atomic E-state index is 11.0. The van der Waals surface area contributed by atoms with E-state index >= 15 is 0 Å². The molecular weight excluding hydrogens is 254 g/mol. The monoisotopic (exact) mass is 271 g/mol. The van der Waals surface area contributed by atoms with Gasteiger partial charge in [0, 0.05) is 6.54 Å². The highest BCUT2D eigenvalue weighted by molar-refractivity contribution is 6.27. The Labute approximate surface area is 112 Å². The van der Waals surface area contributed by atoms with Crippen molar-refractivity contribution in [1.82, 2.24) is 5.32 Å². The second-order valence-electron chi connectivity index (χ2n) is 3.87. The SMILES string of the molecule is COc1cc(C)c(CCNC(=O)CCl)cc1OC. The lowest BCUT2D eigenvalue weighted by Crippen LogP contribution is -2.26. The van der Waals surface area contributed by atoms with Crippen molar-refractivity contribution < 1.29 is 14.3 Å². The minimum atomic E-state index is -0.158. The van der Waals surface area contributed by atoms with E-state index in [0.29, 0.717) is 18.0 Å². The van der Waals surface area contributed by atoms with Crippen molar-refractivity contribution >= 4 is 17.5 Å². The lowest BCUT2D eigenvalue weighted by Gasteiger charge is -2.13. The van der Waals surface area contributed by atoms with Crippen molar-refractivity contribution in [1.29, 1.82) is 0 Å². The summed E-state index contributed by atoms with van der Waals surface area (Å²) in [7, 11) is 3.21. The predicted octanol–water partition coefficient (Wildman–Crippen LogP) is 1.91. The average molecular weight is 272 g/mol. The van der Waals surface area contributed by atoms with Crippen molar-refractivity contribution in [2.75, 3.05) is 26.6 Å². The summed E-state index contributed by atoms with van der Waals surface area (Å²) in [5.41, 5.74) is 2.22. The molecule has 0 saturated heterocycles. The van der Waals surface area contributed by atoms with Crippen molar-refractivity contribution in [3.05, 3.63) is 23.3 Å². The molecule has 1 amide bonds. The van der Waals surface area contributed by atoms with Gasteiger partial charge in [0.2, 0.25) is 5.91 Å². The van der Waals surface area contributed by atoms with Crippen molar-refractivity contribution in [3.8, 4) is 11.5 Å². The second-order valence-corrected chi connectivity index (χ2v) is 4.13. The van der Waals surface area contributed by atoms with Gasteiger partial charge in [-0.15, -0.1) is 11.6 Å². The Kier molecular flexibility index (Phi) is 5.78. The van der Waals surface area contributed by atoms with Crippen LogP contribution in [0.25, 0.3) is 0 Å². The lowest BCUT2D eigenvalue weighted by molar-refractivity contribution is -0.118. The Morgan fingerprint density at radius 1 is 1.28 bits per heavy atom. The molecule has 1 aromatic carbocycles. The van der Waals surface area contributed by atoms with Gasteiger partial charge in [0.05, 0.1) is 14.2 Å². The molecular formula is C13H18ClNO3. The number of carbonyl (C=O) groups is 1. The van der Waals surface area contributed by atoms with Crippen LogP contribution >= 0.6 is 11.6 Å². The molecule has 0 unspecified atom stereocenters. The van der Waals surface area contributed by atoms with Crippen LogP contribution in [0.4, 0.5) is 0 Å². The van der Waals surface area contributed by atoms with Gasteiger partial charge in [0.1, 0.15) is 5.88 Å². The molecule has 5 heteroatoms. The molecule has 0 aliphatic carbocycles. The number of hydrogen-bond donors (Lipinski definition) is 1. The van der Waals surface area contributed by atoms with Crippen LogP contribution < -0.4 is 14.8 Å². The van der Waals surface area contributed by atoms with Crippen LogP contribution in [0.3, 0.4) is 0 Å². The smallest absolute Gasteiger partial charge is 0.234 e. The molecule has 0 fully saturated rings. The average Bonchev–Trinajstić information content (AvgIpc) is 2.39. The van der Waals surface area contributed by atoms with E-state index in [1.807, 2.05) is 19.1 Å². The molecule has 0 radical (unpaired) electrons. The number of rotatable bonds is 6. The summed E-state index contributed by atoms with van der Waals surface area (Å²) in [6.07, 6.45) is 0.731. The molecule has 4 nitrogen and oxygen atoms in total. The Morgan fingerprint density at radius 3 is 2.44 bits per heavy atom. The normalized spacial score (nSPS) is 10.0. The number of methoxy groups -OCH3 is 2. The second kappa shape index (κ2) is 7.11. The number of halogens is 1. The Morgan fingerprint density at radius 2 is 1.89 bits per heavy atom. The topological polar surface area (TPSA) is 47.6 Å². The third-order valence-corrected chi connectivity index (χ3v) is 2.92. The van der Waals surface area contributed by atoms with E-state index in [-0.39, 0.29) is 11.8 Å². The van der Waals surface area contributed by atoms with E-state index < -0.39 is 0 Å². The first-order valence-corrected chi connectivity index (χ1v) is 6.20. The molecule has 0 spiro atoms. The van der Waals surface area contributed by atoms with E-state index in [1.165, 1.54) is 0 Å². The number of nitrogens with one attached hydrogen (secondary N) is 1. The molecule has 100 valence electrons. The van der Waals surface area contributed by atoms with E-state index in [9.17, 15) is 4.79 Å². The number of carbonyl (C=O) groups excluding carboxylic acids is 1. The zero-order valence-electron chi connectivity index (χ0n) is 10.9. The standard InChI is InChI=1S/C13H18ClNO3/c1-9-6-11(17-2)12(18-3)7-10(9)4-5-15-13(16)8-14/h6-7H,4-5,8H2,1-3H3,(H,15,16). The molecule has 0 heterocycles. The Balaban J connectivity index is 2.73. The van der Waals surface area contributed by atoms with Crippen LogP contribution in [0.15, 0.2) is 12.1 Å². The maximum atomic E-state index is 11.0. The molecule has 0 atom stereocenters. The van der Waals surface area contributed by atoms with Gasteiger partial charge in [-0.1, -0.05) is 0 Å². The number of aryl methyl sites for hydroxylation is 1. The quantitative estimate of drug-likeness (QED) is 0.804. The molecule has 0 aliphatic rings. The number of benzene rings is 1. The van der Waals surface area contributed by atoms with Gasteiger partial charge in [-0.3, -0.25) is 4.79 Å². The summed E-state index contributed by atoms with van der Waals surface area (Å²) in [5, 5.41) is 2.73. The first-order chi connectivity index (χ1) is 8.62. The zero-order valence-corrected chi connectivity index (χ0v) is 11.6. The summed E-state index contributed by atoms with van der Waals surface area (Å²) in [6, 6.07) is 3.86. The molecule has 0 aliphatic heterocycles. The molecule has 1 N–H and O–H groups in total. The molecule has 1 aromatic rings. The number of hydrogen-bond acceptors (Lipinski definition) is 3. The Bertz CT molecular complexity index is 421. The fraction of sp³-hybridized carbons (Fsp3) is 0.462. The summed E-state index contributed by atoms with van der Waals surface area (Å²) in [4.78, 5) is 11.0. The van der Waals surface area contributed by atoms with Crippen LogP contribution in [-0.4, -0.2) is 32.6 Å². The summed E-state index contributed by atoms with van der Waals surface area (Å²) < 4.78 is 10.5. The third kappa shape index (κ3) is 3.81. The van der Waals surface area contributed by atoms with Crippen LogP contribution in [-0.2, 0) is 11.2 Å². The summed E-state index contributed by atoms with van der Waals surface area (Å²) in [6.45, 7) is 2.56. The molecule has 0 aromatic heterocycles. The largest absolute Gasteiger partial charge is 0.493 e. The number of amides is 1. The zero-order chi connectivity index (χ0) is 13.5. The van der Waals surface area contributed by atoms with E-state index in [2.05, 4.69) is 5.32 Å². The van der Waals surface area contributed by atoms with Crippen LogP contribution in [0.5, 0.6) is 11.5 Å². The van der Waals surface area contributed by atoms with E-state index in [4.69, 9.17) is 21.1 Å². The van der Waals surface area contributed by atoms with Crippen molar-refractivity contribution in [2.24, 2.45) is 0 Å². The van der Waals surface area contributed by atoms with Gasteiger partial charge in [-0.05, 0) is 36.6 Å². The molecule has 0 saturated carbocycles. The van der Waals surface area contributed by atoms with Gasteiger partial charge < -0.3 is 14.8 Å². The molecule has 1 rings (SSSR count). The van der Waals surface area contributed by atoms with Crippen LogP contribution in [0.1, 0.15) is 11.1 Å². The van der Waals surface area contributed by atoms with Gasteiger partial charge >= 0.3 is 0 Å². The van der Waals surface area contributed by atoms with Crippen molar-refractivity contribution in [3.63, 3.8) is 0 Å². The van der Waals surface area contributed by atoms with Gasteiger partial charge in [0.15, 0.2) is 11.5 Å². The number of alkyl halides is 1. The van der Waals surface area contributed by atoms with Crippen LogP contribution in [0.2, 0.25) is 0 Å². The first-order valence-electron chi connectivity index (χ1n) is 5.66. The minimum Gasteiger partial charge on any atom is -0.493 e. The van der Waals surface area contributed by atoms with E-state index in [0.717, 1.165) is 17.5 Å². The fourth-order valence-electron chi connectivity index (χ4n) is 1.68. The lowest BCUT2D eigenvalue weighted by atomic mass is 10.0. The summed E-state index contributed by atoms with van der Waals surface area (Å²) >= 11 is 5.40. The predicted molar refractivity (Wildman–Crippen MR) is 71.7 cm³/mol. The van der Waals surface area contributed by atoms with Gasteiger partial charge in [-0.25, -0.2) is 0 Å². The fourth-order valence-corrected chi connectivity index (χ4v) is 1.77. The van der Waals surface area contributed by atoms with Crippen molar-refractivity contribution in [2.45, 2.75) is 13.3 Å². The highest BCUT2D eigenvalue weighted by Crippen LogP contribution is 2.30. The Hall–Kier alpha value is -1.42. The minimum absolute atomic E-state index is 0.00901. The van der Waals surface area contributed by atoms with E-state index in [1.54, 1.807) is 14.2 Å². The van der Waals surface area contributed by atoms with Crippen LogP contribution in [0, 0.1) is 6.92 Å². The summed E-state index contributed by atoms with van der Waals surface area (Å²) in [5.74, 6) is 1.24. The van der Waals surface area contributed by atoms with Gasteiger partial charge in [0.25, 0.3) is 0 Å². The molecule has 18 heavy (non-hydrogen) atoms.